The Balaban J connectivity index is 1.61. The fraction of sp³-hybridized carbons (Fsp3) is 0.176. The number of anilines is 2. The van der Waals surface area contributed by atoms with Gasteiger partial charge in [0, 0.05) is 12.6 Å². The lowest BCUT2D eigenvalue weighted by Crippen LogP contribution is -2.15. The summed E-state index contributed by atoms with van der Waals surface area (Å²) in [7, 11) is 1.49. The lowest BCUT2D eigenvalue weighted by molar-refractivity contribution is -0.114. The number of furan rings is 1. The second-order valence-corrected chi connectivity index (χ2v) is 6.21. The largest absolute Gasteiger partial charge is 0.495 e. The first-order chi connectivity index (χ1) is 13.0. The van der Waals surface area contributed by atoms with Gasteiger partial charge in [0.05, 0.1) is 24.8 Å². The molecule has 0 radical (unpaired) electrons. The number of hydrogen-bond donors (Lipinski definition) is 2. The van der Waals surface area contributed by atoms with Gasteiger partial charge in [0.15, 0.2) is 5.76 Å². The van der Waals surface area contributed by atoms with Gasteiger partial charge in [0.1, 0.15) is 5.75 Å². The van der Waals surface area contributed by atoms with Crippen molar-refractivity contribution in [3.8, 4) is 17.4 Å². The zero-order valence-corrected chi connectivity index (χ0v) is 15.3. The van der Waals surface area contributed by atoms with Crippen molar-refractivity contribution in [1.29, 1.82) is 0 Å². The Bertz CT molecular complexity index is 939. The zero-order valence-electron chi connectivity index (χ0n) is 14.5. The minimum Gasteiger partial charge on any atom is -0.495 e. The van der Waals surface area contributed by atoms with Crippen molar-refractivity contribution in [2.24, 2.45) is 0 Å². The highest BCUT2D eigenvalue weighted by molar-refractivity contribution is 7.99. The average molecular weight is 388 g/mol. The van der Waals surface area contributed by atoms with Gasteiger partial charge in [-0.15, -0.1) is 10.2 Å². The summed E-state index contributed by atoms with van der Waals surface area (Å²) in [5.41, 5.74) is 0.988. The lowest BCUT2D eigenvalue weighted by atomic mass is 10.2. The topological polar surface area (TPSA) is 119 Å². The van der Waals surface area contributed by atoms with Gasteiger partial charge < -0.3 is 24.2 Å². The number of rotatable bonds is 7. The number of hydrogen-bond acceptors (Lipinski definition) is 8. The molecule has 2 N–H and O–H groups in total. The third-order valence-corrected chi connectivity index (χ3v) is 4.08. The van der Waals surface area contributed by atoms with E-state index >= 15 is 0 Å². The predicted octanol–water partition coefficient (Wildman–Crippen LogP) is 3.03. The molecule has 3 rings (SSSR count). The quantitative estimate of drug-likeness (QED) is 0.593. The van der Waals surface area contributed by atoms with E-state index in [9.17, 15) is 9.59 Å². The lowest BCUT2D eigenvalue weighted by Gasteiger charge is -2.12. The van der Waals surface area contributed by atoms with Crippen LogP contribution in [0.2, 0.25) is 0 Å². The van der Waals surface area contributed by atoms with Crippen LogP contribution in [0.15, 0.2) is 50.7 Å². The Morgan fingerprint density at radius 1 is 1.22 bits per heavy atom. The SMILES string of the molecule is COc1ccc(NC(C)=O)cc1NC(=O)CSc1nnc(-c2ccco2)o1. The first-order valence-electron chi connectivity index (χ1n) is 7.81. The van der Waals surface area contributed by atoms with E-state index in [1.807, 2.05) is 0 Å². The zero-order chi connectivity index (χ0) is 19.2. The first kappa shape index (κ1) is 18.5. The van der Waals surface area contributed by atoms with E-state index in [1.54, 1.807) is 30.3 Å². The maximum absolute atomic E-state index is 12.2. The third-order valence-electron chi connectivity index (χ3n) is 3.26. The Labute approximate surface area is 158 Å². The van der Waals surface area contributed by atoms with E-state index in [0.29, 0.717) is 22.9 Å². The van der Waals surface area contributed by atoms with Crippen LogP contribution in [-0.2, 0) is 9.59 Å². The van der Waals surface area contributed by atoms with E-state index in [2.05, 4.69) is 20.8 Å². The van der Waals surface area contributed by atoms with Crippen molar-refractivity contribution in [2.75, 3.05) is 23.5 Å². The fourth-order valence-corrected chi connectivity index (χ4v) is 2.73. The molecule has 2 aromatic heterocycles. The molecule has 0 unspecified atom stereocenters. The smallest absolute Gasteiger partial charge is 0.284 e. The third kappa shape index (κ3) is 4.88. The molecule has 0 bridgehead atoms. The van der Waals surface area contributed by atoms with E-state index < -0.39 is 0 Å². The summed E-state index contributed by atoms with van der Waals surface area (Å²) in [6.07, 6.45) is 1.50. The molecule has 2 heterocycles. The van der Waals surface area contributed by atoms with Crippen molar-refractivity contribution in [3.63, 3.8) is 0 Å². The molecule has 0 saturated heterocycles. The van der Waals surface area contributed by atoms with Crippen LogP contribution in [0.1, 0.15) is 6.92 Å². The van der Waals surface area contributed by atoms with Crippen LogP contribution in [0.5, 0.6) is 5.75 Å². The molecule has 0 atom stereocenters. The van der Waals surface area contributed by atoms with Crippen LogP contribution in [0.3, 0.4) is 0 Å². The molecule has 10 heteroatoms. The summed E-state index contributed by atoms with van der Waals surface area (Å²) >= 11 is 1.09. The first-order valence-corrected chi connectivity index (χ1v) is 8.79. The standard InChI is InChI=1S/C17H16N4O5S/c1-10(22)18-11-5-6-13(24-2)12(8-11)19-15(23)9-27-17-21-20-16(26-17)14-4-3-7-25-14/h3-8H,9H2,1-2H3,(H,18,22)(H,19,23). The molecule has 0 saturated carbocycles. The van der Waals surface area contributed by atoms with E-state index in [-0.39, 0.29) is 28.7 Å². The number of carbonyl (C=O) groups excluding carboxylic acids is 2. The summed E-state index contributed by atoms with van der Waals surface area (Å²) in [5.74, 6) is 0.715. The summed E-state index contributed by atoms with van der Waals surface area (Å²) in [6, 6.07) is 8.36. The summed E-state index contributed by atoms with van der Waals surface area (Å²) in [4.78, 5) is 23.4. The van der Waals surface area contributed by atoms with Crippen LogP contribution < -0.4 is 15.4 Å². The minimum atomic E-state index is -0.295. The molecule has 1 aromatic carbocycles. The van der Waals surface area contributed by atoms with Crippen molar-refractivity contribution < 1.29 is 23.2 Å². The number of aromatic nitrogens is 2. The van der Waals surface area contributed by atoms with Gasteiger partial charge in [-0.3, -0.25) is 9.59 Å². The number of carbonyl (C=O) groups is 2. The van der Waals surface area contributed by atoms with Gasteiger partial charge in [0.25, 0.3) is 11.1 Å². The molecule has 0 aliphatic heterocycles. The second-order valence-electron chi connectivity index (χ2n) is 5.28. The van der Waals surface area contributed by atoms with E-state index in [0.717, 1.165) is 11.8 Å². The highest BCUT2D eigenvalue weighted by Crippen LogP contribution is 2.29. The number of nitrogens with zero attached hydrogens (tertiary/aromatic N) is 2. The molecule has 27 heavy (non-hydrogen) atoms. The normalized spacial score (nSPS) is 10.4. The van der Waals surface area contributed by atoms with Crippen LogP contribution >= 0.6 is 11.8 Å². The molecule has 0 spiro atoms. The molecule has 0 fully saturated rings. The highest BCUT2D eigenvalue weighted by Gasteiger charge is 2.14. The number of methoxy groups -OCH3 is 1. The molecular formula is C17H16N4O5S. The van der Waals surface area contributed by atoms with Crippen LogP contribution in [-0.4, -0.2) is 34.9 Å². The predicted molar refractivity (Wildman–Crippen MR) is 98.7 cm³/mol. The molecular weight excluding hydrogens is 372 g/mol. The summed E-state index contributed by atoms with van der Waals surface area (Å²) in [5, 5.41) is 13.4. The average Bonchev–Trinajstić information content (AvgIpc) is 3.31. The Kier molecular flexibility index (Phi) is 5.77. The highest BCUT2D eigenvalue weighted by atomic mass is 32.2. The van der Waals surface area contributed by atoms with Gasteiger partial charge >= 0.3 is 0 Å². The van der Waals surface area contributed by atoms with Gasteiger partial charge in [-0.25, -0.2) is 0 Å². The van der Waals surface area contributed by atoms with Crippen molar-refractivity contribution in [3.05, 3.63) is 36.6 Å². The number of thioether (sulfide) groups is 1. The van der Waals surface area contributed by atoms with E-state index in [1.165, 1.54) is 20.3 Å². The Morgan fingerprint density at radius 2 is 2.07 bits per heavy atom. The van der Waals surface area contributed by atoms with E-state index in [4.69, 9.17) is 13.6 Å². The van der Waals surface area contributed by atoms with Gasteiger partial charge in [0.2, 0.25) is 11.8 Å². The monoisotopic (exact) mass is 388 g/mol. The van der Waals surface area contributed by atoms with Gasteiger partial charge in [-0.1, -0.05) is 11.8 Å². The fourth-order valence-electron chi connectivity index (χ4n) is 2.17. The maximum Gasteiger partial charge on any atom is 0.284 e. The van der Waals surface area contributed by atoms with Crippen molar-refractivity contribution in [1.82, 2.24) is 10.2 Å². The molecule has 0 aliphatic rings. The molecule has 0 aliphatic carbocycles. The number of ether oxygens (including phenoxy) is 1. The summed E-state index contributed by atoms with van der Waals surface area (Å²) < 4.78 is 15.8. The number of amides is 2. The van der Waals surface area contributed by atoms with Gasteiger partial charge in [-0.2, -0.15) is 0 Å². The van der Waals surface area contributed by atoms with Crippen LogP contribution in [0.4, 0.5) is 11.4 Å². The Hall–Kier alpha value is -3.27. The molecule has 3 aromatic rings. The van der Waals surface area contributed by atoms with Crippen LogP contribution in [0, 0.1) is 0 Å². The van der Waals surface area contributed by atoms with Crippen LogP contribution in [0.25, 0.3) is 11.7 Å². The number of nitrogens with one attached hydrogen (secondary N) is 2. The second kappa shape index (κ2) is 8.41. The van der Waals surface area contributed by atoms with Gasteiger partial charge in [-0.05, 0) is 30.3 Å². The molecule has 9 nitrogen and oxygen atoms in total. The molecule has 140 valence electrons. The number of benzene rings is 1. The summed E-state index contributed by atoms with van der Waals surface area (Å²) in [6.45, 7) is 1.40. The maximum atomic E-state index is 12.2. The molecule has 2 amide bonds. The van der Waals surface area contributed by atoms with Crippen molar-refractivity contribution >= 4 is 35.0 Å². The minimum absolute atomic E-state index is 0.0489. The Morgan fingerprint density at radius 3 is 2.78 bits per heavy atom. The van der Waals surface area contributed by atoms with Crippen molar-refractivity contribution in [2.45, 2.75) is 12.1 Å².